The second kappa shape index (κ2) is 12.0. The number of rotatable bonds is 10. The lowest BCUT2D eigenvalue weighted by molar-refractivity contribution is -0.136. The number of carboxylic acid groups (broad SMARTS) is 1. The zero-order valence-electron chi connectivity index (χ0n) is 22.8. The molecule has 0 saturated carbocycles. The fraction of sp³-hybridized carbons (Fsp3) is 0.286. The molecular formula is C28H27F3N6O5S. The van der Waals surface area contributed by atoms with Gasteiger partial charge in [-0.3, -0.25) is 18.9 Å². The second-order valence-corrected chi connectivity index (χ2v) is 11.8. The van der Waals surface area contributed by atoms with Crippen molar-refractivity contribution in [2.24, 2.45) is 7.05 Å². The number of aryl methyl sites for hydroxylation is 1. The molecule has 0 unspecified atom stereocenters. The van der Waals surface area contributed by atoms with Gasteiger partial charge in [-0.25, -0.2) is 18.2 Å². The van der Waals surface area contributed by atoms with E-state index in [4.69, 9.17) is 5.11 Å². The minimum absolute atomic E-state index is 0.00840. The summed E-state index contributed by atoms with van der Waals surface area (Å²) in [5, 5.41) is 12.2. The molecule has 226 valence electrons. The van der Waals surface area contributed by atoms with Crippen molar-refractivity contribution in [3.05, 3.63) is 81.8 Å². The molecule has 0 radical (unpaired) electrons. The van der Waals surface area contributed by atoms with Crippen LogP contribution in [0.3, 0.4) is 0 Å². The zero-order valence-corrected chi connectivity index (χ0v) is 23.7. The van der Waals surface area contributed by atoms with Crippen LogP contribution in [0.2, 0.25) is 0 Å². The van der Waals surface area contributed by atoms with E-state index in [-0.39, 0.29) is 43.1 Å². The number of alkyl halides is 1. The van der Waals surface area contributed by atoms with Crippen LogP contribution in [0.1, 0.15) is 17.5 Å². The van der Waals surface area contributed by atoms with Crippen molar-refractivity contribution < 1.29 is 31.5 Å². The molecular weight excluding hydrogens is 589 g/mol. The summed E-state index contributed by atoms with van der Waals surface area (Å²) >= 11 is 0. The normalized spacial score (nSPS) is 15.6. The second-order valence-electron chi connectivity index (χ2n) is 10.1. The largest absolute Gasteiger partial charge is 0.481 e. The van der Waals surface area contributed by atoms with Gasteiger partial charge in [-0.1, -0.05) is 24.3 Å². The van der Waals surface area contributed by atoms with Crippen molar-refractivity contribution in [2.45, 2.75) is 25.4 Å². The van der Waals surface area contributed by atoms with Gasteiger partial charge in [0.15, 0.2) is 5.82 Å². The zero-order chi connectivity index (χ0) is 30.9. The van der Waals surface area contributed by atoms with Gasteiger partial charge < -0.3 is 10.4 Å². The first-order chi connectivity index (χ1) is 20.4. The van der Waals surface area contributed by atoms with Crippen LogP contribution in [-0.2, 0) is 34.9 Å². The smallest absolute Gasteiger partial charge is 0.307 e. The first kappa shape index (κ1) is 30.0. The first-order valence-electron chi connectivity index (χ1n) is 13.2. The fourth-order valence-corrected chi connectivity index (χ4v) is 6.08. The summed E-state index contributed by atoms with van der Waals surface area (Å²) in [5.74, 6) is -3.08. The number of carboxylic acids is 1. The molecule has 0 spiro atoms. The van der Waals surface area contributed by atoms with Gasteiger partial charge in [0.05, 0.1) is 23.2 Å². The van der Waals surface area contributed by atoms with Crippen LogP contribution < -0.4 is 15.6 Å². The van der Waals surface area contributed by atoms with E-state index >= 15 is 4.39 Å². The number of hydrogen-bond acceptors (Lipinski definition) is 7. The maximum Gasteiger partial charge on any atom is 0.307 e. The molecule has 43 heavy (non-hydrogen) atoms. The summed E-state index contributed by atoms with van der Waals surface area (Å²) in [7, 11) is -2.94. The van der Waals surface area contributed by atoms with Crippen LogP contribution in [0.5, 0.6) is 0 Å². The minimum atomic E-state index is -4.32. The molecule has 0 bridgehead atoms. The van der Waals surface area contributed by atoms with Crippen molar-refractivity contribution in [3.8, 4) is 11.1 Å². The Bertz CT molecular complexity index is 1870. The number of aromatic nitrogens is 3. The van der Waals surface area contributed by atoms with Gasteiger partial charge in [0.2, 0.25) is 5.95 Å². The van der Waals surface area contributed by atoms with Crippen molar-refractivity contribution >= 4 is 38.8 Å². The molecule has 3 N–H and O–H groups in total. The monoisotopic (exact) mass is 616 g/mol. The molecule has 1 aliphatic rings. The maximum absolute atomic E-state index is 15.6. The van der Waals surface area contributed by atoms with E-state index in [0.29, 0.717) is 23.9 Å². The Morgan fingerprint density at radius 2 is 1.86 bits per heavy atom. The van der Waals surface area contributed by atoms with Crippen molar-refractivity contribution in [2.75, 3.05) is 29.7 Å². The van der Waals surface area contributed by atoms with E-state index in [9.17, 15) is 26.8 Å². The fourth-order valence-electron chi connectivity index (χ4n) is 4.82. The Kier molecular flexibility index (Phi) is 8.37. The molecule has 0 amide bonds. The third kappa shape index (κ3) is 6.46. The SMILES string of the molecule is Cn1c(=O)c(-c2c(F)ccc(NS(=O)(=O)N3CC[C@@H](F)C3)c2F)cc2cnc(NCCc3ccc(CC(=O)O)cc3)nc21. The number of pyridine rings is 1. The number of nitrogens with zero attached hydrogens (tertiary/aromatic N) is 4. The quantitative estimate of drug-likeness (QED) is 0.246. The summed E-state index contributed by atoms with van der Waals surface area (Å²) in [5.41, 5.74) is -0.634. The van der Waals surface area contributed by atoms with Gasteiger partial charge in [-0.05, 0) is 42.2 Å². The molecule has 5 rings (SSSR count). The van der Waals surface area contributed by atoms with Gasteiger partial charge in [0, 0.05) is 38.3 Å². The standard InChI is InChI=1S/C28H27F3N6O5S/c1-36-26-18(14-33-28(34-26)32-10-8-16-2-4-17(5-3-16)12-23(38)39)13-20(27(36)40)24-21(30)6-7-22(25(24)31)35-43(41,42)37-11-9-19(29)15-37/h2-7,13-14,19,35H,8-12,15H2,1H3,(H,38,39)(H,32,33,34)/t19-/m1/s1. The average Bonchev–Trinajstić information content (AvgIpc) is 3.41. The van der Waals surface area contributed by atoms with E-state index in [1.165, 1.54) is 19.3 Å². The molecule has 1 fully saturated rings. The van der Waals surface area contributed by atoms with Gasteiger partial charge in [0.25, 0.3) is 5.56 Å². The highest BCUT2D eigenvalue weighted by Gasteiger charge is 2.32. The molecule has 11 nitrogen and oxygen atoms in total. The third-order valence-electron chi connectivity index (χ3n) is 7.06. The predicted molar refractivity (Wildman–Crippen MR) is 154 cm³/mol. The van der Waals surface area contributed by atoms with Crippen LogP contribution >= 0.6 is 0 Å². The summed E-state index contributed by atoms with van der Waals surface area (Å²) in [6, 6.07) is 10.1. The molecule has 1 saturated heterocycles. The van der Waals surface area contributed by atoms with Gasteiger partial charge in [0.1, 0.15) is 17.6 Å². The van der Waals surface area contributed by atoms with Crippen molar-refractivity contribution in [1.29, 1.82) is 0 Å². The molecule has 2 aromatic carbocycles. The highest BCUT2D eigenvalue weighted by atomic mass is 32.2. The van der Waals surface area contributed by atoms with E-state index < -0.39 is 50.8 Å². The molecule has 15 heteroatoms. The van der Waals surface area contributed by atoms with Gasteiger partial charge >= 0.3 is 16.2 Å². The third-order valence-corrected chi connectivity index (χ3v) is 8.55. The average molecular weight is 617 g/mol. The Morgan fingerprint density at radius 3 is 2.53 bits per heavy atom. The van der Waals surface area contributed by atoms with E-state index in [2.05, 4.69) is 15.3 Å². The molecule has 3 heterocycles. The number of aliphatic carboxylic acids is 1. The number of anilines is 2. The Morgan fingerprint density at radius 1 is 1.14 bits per heavy atom. The highest BCUT2D eigenvalue weighted by molar-refractivity contribution is 7.90. The van der Waals surface area contributed by atoms with Crippen LogP contribution in [0.15, 0.2) is 53.5 Å². The Labute approximate surface area is 244 Å². The number of hydrogen-bond donors (Lipinski definition) is 3. The highest BCUT2D eigenvalue weighted by Crippen LogP contribution is 2.31. The van der Waals surface area contributed by atoms with Crippen LogP contribution in [0.4, 0.5) is 24.8 Å². The lowest BCUT2D eigenvalue weighted by Crippen LogP contribution is -2.34. The summed E-state index contributed by atoms with van der Waals surface area (Å²) < 4.78 is 73.3. The topological polar surface area (TPSA) is 147 Å². The molecule has 0 aliphatic carbocycles. The van der Waals surface area contributed by atoms with Gasteiger partial charge in [-0.15, -0.1) is 0 Å². The van der Waals surface area contributed by atoms with E-state index in [1.54, 1.807) is 12.1 Å². The van der Waals surface area contributed by atoms with E-state index in [0.717, 1.165) is 26.6 Å². The lowest BCUT2D eigenvalue weighted by Gasteiger charge is -2.18. The summed E-state index contributed by atoms with van der Waals surface area (Å²) in [6.45, 7) is -0.0387. The van der Waals surface area contributed by atoms with Crippen molar-refractivity contribution in [1.82, 2.24) is 18.8 Å². The summed E-state index contributed by atoms with van der Waals surface area (Å²) in [6.07, 6.45) is 0.574. The molecule has 1 aliphatic heterocycles. The predicted octanol–water partition coefficient (Wildman–Crippen LogP) is 3.26. The van der Waals surface area contributed by atoms with Crippen LogP contribution in [-0.4, -0.2) is 64.1 Å². The Hall–Kier alpha value is -4.50. The minimum Gasteiger partial charge on any atom is -0.481 e. The number of nitrogens with one attached hydrogen (secondary N) is 2. The lowest BCUT2D eigenvalue weighted by atomic mass is 10.0. The first-order valence-corrected chi connectivity index (χ1v) is 14.7. The number of fused-ring (bicyclic) bond motifs is 1. The number of halogens is 3. The van der Waals surface area contributed by atoms with Crippen LogP contribution in [0.25, 0.3) is 22.2 Å². The molecule has 1 atom stereocenters. The Balaban J connectivity index is 1.37. The summed E-state index contributed by atoms with van der Waals surface area (Å²) in [4.78, 5) is 32.7. The van der Waals surface area contributed by atoms with Crippen LogP contribution in [0, 0.1) is 11.6 Å². The van der Waals surface area contributed by atoms with E-state index in [1.807, 2.05) is 16.9 Å². The van der Waals surface area contributed by atoms with Gasteiger partial charge in [-0.2, -0.15) is 17.7 Å². The van der Waals surface area contributed by atoms with Crippen molar-refractivity contribution in [3.63, 3.8) is 0 Å². The molecule has 2 aromatic heterocycles. The molecule has 4 aromatic rings. The number of carbonyl (C=O) groups is 1. The number of benzene rings is 2. The maximum atomic E-state index is 15.6.